The van der Waals surface area contributed by atoms with Gasteiger partial charge in [0.1, 0.15) is 6.07 Å². The molecule has 2 N–H and O–H groups in total. The van der Waals surface area contributed by atoms with Crippen molar-refractivity contribution < 1.29 is 4.79 Å². The van der Waals surface area contributed by atoms with Crippen LogP contribution in [0.15, 0.2) is 22.7 Å². The van der Waals surface area contributed by atoms with Crippen molar-refractivity contribution in [2.24, 2.45) is 0 Å². The largest absolute Gasteiger partial charge is 0.375 e. The zero-order valence-corrected chi connectivity index (χ0v) is 12.9. The van der Waals surface area contributed by atoms with E-state index >= 15 is 0 Å². The van der Waals surface area contributed by atoms with Crippen LogP contribution in [0.4, 0.5) is 5.69 Å². The number of anilines is 1. The monoisotopic (exact) mass is 335 g/mol. The van der Waals surface area contributed by atoms with Crippen LogP contribution in [0.2, 0.25) is 0 Å². The fraction of sp³-hybridized carbons (Fsp3) is 0.467. The molecule has 0 aromatic heterocycles. The lowest BCUT2D eigenvalue weighted by Gasteiger charge is -2.23. The van der Waals surface area contributed by atoms with Crippen molar-refractivity contribution in [2.45, 2.75) is 38.1 Å². The minimum absolute atomic E-state index is 0.0132. The molecule has 1 aliphatic rings. The van der Waals surface area contributed by atoms with Crippen molar-refractivity contribution in [1.29, 1.82) is 5.26 Å². The number of amides is 1. The Hall–Kier alpha value is -1.54. The third-order valence-corrected chi connectivity index (χ3v) is 4.20. The van der Waals surface area contributed by atoms with E-state index in [2.05, 4.69) is 32.6 Å². The second-order valence-electron chi connectivity index (χ2n) is 5.03. The maximum Gasteiger partial charge on any atom is 0.239 e. The zero-order chi connectivity index (χ0) is 14.4. The molecule has 0 radical (unpaired) electrons. The van der Waals surface area contributed by atoms with Gasteiger partial charge in [-0.25, -0.2) is 0 Å². The van der Waals surface area contributed by atoms with E-state index in [0.29, 0.717) is 17.3 Å². The van der Waals surface area contributed by atoms with Crippen LogP contribution in [0.3, 0.4) is 0 Å². The summed E-state index contributed by atoms with van der Waals surface area (Å²) in [5.41, 5.74) is 1.21. The van der Waals surface area contributed by atoms with Gasteiger partial charge in [0.05, 0.1) is 17.8 Å². The number of nitriles is 1. The molecule has 1 aromatic rings. The molecule has 20 heavy (non-hydrogen) atoms. The molecule has 1 aliphatic carbocycles. The molecule has 0 bridgehead atoms. The zero-order valence-electron chi connectivity index (χ0n) is 11.3. The molecule has 1 amide bonds. The van der Waals surface area contributed by atoms with Crippen molar-refractivity contribution in [3.05, 3.63) is 28.2 Å². The number of halogens is 1. The molecule has 0 atom stereocenters. The molecule has 2 rings (SSSR count). The lowest BCUT2D eigenvalue weighted by Crippen LogP contribution is -2.39. The average molecular weight is 336 g/mol. The smallest absolute Gasteiger partial charge is 0.239 e. The summed E-state index contributed by atoms with van der Waals surface area (Å²) >= 11 is 3.33. The standard InChI is InChI=1S/C15H18BrN3O/c16-13-7-4-8-14(12(13)9-17)18-10-15(20)19-11-5-2-1-3-6-11/h4,7-8,11,18H,1-3,5-6,10H2,(H,19,20). The normalized spacial score (nSPS) is 15.4. The average Bonchev–Trinajstić information content (AvgIpc) is 2.46. The summed E-state index contributed by atoms with van der Waals surface area (Å²) in [5.74, 6) is -0.0132. The van der Waals surface area contributed by atoms with E-state index in [1.165, 1.54) is 19.3 Å². The second-order valence-corrected chi connectivity index (χ2v) is 5.88. The highest BCUT2D eigenvalue weighted by Crippen LogP contribution is 2.23. The molecule has 4 nitrogen and oxygen atoms in total. The summed E-state index contributed by atoms with van der Waals surface area (Å²) in [7, 11) is 0. The molecular formula is C15H18BrN3O. The maximum absolute atomic E-state index is 11.9. The summed E-state index contributed by atoms with van der Waals surface area (Å²) in [6.45, 7) is 0.196. The molecule has 0 heterocycles. The highest BCUT2D eigenvalue weighted by Gasteiger charge is 2.15. The predicted molar refractivity (Wildman–Crippen MR) is 82.4 cm³/mol. The molecular weight excluding hydrogens is 318 g/mol. The van der Waals surface area contributed by atoms with Gasteiger partial charge in [-0.05, 0) is 40.9 Å². The second kappa shape index (κ2) is 7.30. The number of carbonyl (C=O) groups is 1. The van der Waals surface area contributed by atoms with Gasteiger partial charge in [0.2, 0.25) is 5.91 Å². The van der Waals surface area contributed by atoms with Crippen LogP contribution < -0.4 is 10.6 Å². The van der Waals surface area contributed by atoms with Crippen molar-refractivity contribution in [1.82, 2.24) is 5.32 Å². The van der Waals surface area contributed by atoms with Gasteiger partial charge >= 0.3 is 0 Å². The van der Waals surface area contributed by atoms with Gasteiger partial charge in [-0.3, -0.25) is 4.79 Å². The first-order valence-electron chi connectivity index (χ1n) is 6.92. The number of benzene rings is 1. The minimum Gasteiger partial charge on any atom is -0.375 e. The van der Waals surface area contributed by atoms with Crippen molar-refractivity contribution in [3.8, 4) is 6.07 Å². The molecule has 1 aromatic carbocycles. The van der Waals surface area contributed by atoms with E-state index in [1.807, 2.05) is 12.1 Å². The maximum atomic E-state index is 11.9. The Morgan fingerprint density at radius 2 is 2.10 bits per heavy atom. The first-order valence-corrected chi connectivity index (χ1v) is 7.72. The van der Waals surface area contributed by atoms with E-state index < -0.39 is 0 Å². The molecule has 0 spiro atoms. The number of rotatable bonds is 4. The van der Waals surface area contributed by atoms with Crippen LogP contribution in [0.25, 0.3) is 0 Å². The fourth-order valence-electron chi connectivity index (χ4n) is 2.49. The first-order chi connectivity index (χ1) is 9.70. The van der Waals surface area contributed by atoms with Gasteiger partial charge in [-0.15, -0.1) is 0 Å². The fourth-order valence-corrected chi connectivity index (χ4v) is 2.94. The number of carbonyl (C=O) groups excluding carboxylic acids is 1. The lowest BCUT2D eigenvalue weighted by molar-refractivity contribution is -0.120. The quantitative estimate of drug-likeness (QED) is 0.888. The van der Waals surface area contributed by atoms with E-state index in [4.69, 9.17) is 5.26 Å². The molecule has 0 saturated heterocycles. The van der Waals surface area contributed by atoms with Gasteiger partial charge in [0.25, 0.3) is 0 Å². The molecule has 0 unspecified atom stereocenters. The van der Waals surface area contributed by atoms with Gasteiger partial charge in [0.15, 0.2) is 0 Å². The Kier molecular flexibility index (Phi) is 5.42. The summed E-state index contributed by atoms with van der Waals surface area (Å²) in [4.78, 5) is 11.9. The molecule has 5 heteroatoms. The molecule has 1 saturated carbocycles. The van der Waals surface area contributed by atoms with Gasteiger partial charge in [0, 0.05) is 10.5 Å². The summed E-state index contributed by atoms with van der Waals surface area (Å²) < 4.78 is 0.734. The van der Waals surface area contributed by atoms with Gasteiger partial charge < -0.3 is 10.6 Å². The van der Waals surface area contributed by atoms with E-state index in [0.717, 1.165) is 17.3 Å². The van der Waals surface area contributed by atoms with Gasteiger partial charge in [-0.1, -0.05) is 25.3 Å². The van der Waals surface area contributed by atoms with Crippen LogP contribution in [0, 0.1) is 11.3 Å². The highest BCUT2D eigenvalue weighted by molar-refractivity contribution is 9.10. The van der Waals surface area contributed by atoms with Crippen LogP contribution in [-0.4, -0.2) is 18.5 Å². The van der Waals surface area contributed by atoms with Crippen LogP contribution >= 0.6 is 15.9 Å². The Bertz CT molecular complexity index is 518. The van der Waals surface area contributed by atoms with E-state index in [9.17, 15) is 4.79 Å². The van der Waals surface area contributed by atoms with E-state index in [1.54, 1.807) is 6.07 Å². The Balaban J connectivity index is 1.87. The Morgan fingerprint density at radius 3 is 2.80 bits per heavy atom. The Labute approximate surface area is 127 Å². The number of hydrogen-bond donors (Lipinski definition) is 2. The summed E-state index contributed by atoms with van der Waals surface area (Å²) in [5, 5.41) is 15.2. The minimum atomic E-state index is -0.0132. The van der Waals surface area contributed by atoms with Crippen LogP contribution in [0.1, 0.15) is 37.7 Å². The van der Waals surface area contributed by atoms with Crippen molar-refractivity contribution >= 4 is 27.5 Å². The number of hydrogen-bond acceptors (Lipinski definition) is 3. The molecule has 1 fully saturated rings. The highest BCUT2D eigenvalue weighted by atomic mass is 79.9. The lowest BCUT2D eigenvalue weighted by atomic mass is 9.95. The van der Waals surface area contributed by atoms with Crippen molar-refractivity contribution in [3.63, 3.8) is 0 Å². The predicted octanol–water partition coefficient (Wildman–Crippen LogP) is 3.18. The number of nitrogens with zero attached hydrogens (tertiary/aromatic N) is 1. The number of nitrogens with one attached hydrogen (secondary N) is 2. The van der Waals surface area contributed by atoms with E-state index in [-0.39, 0.29) is 12.5 Å². The van der Waals surface area contributed by atoms with Gasteiger partial charge in [-0.2, -0.15) is 5.26 Å². The third-order valence-electron chi connectivity index (χ3n) is 3.54. The first kappa shape index (κ1) is 14.9. The SMILES string of the molecule is N#Cc1c(Br)cccc1NCC(=O)NC1CCCCC1. The Morgan fingerprint density at radius 1 is 1.35 bits per heavy atom. The third kappa shape index (κ3) is 3.97. The summed E-state index contributed by atoms with van der Waals surface area (Å²) in [6, 6.07) is 7.90. The van der Waals surface area contributed by atoms with Crippen LogP contribution in [0.5, 0.6) is 0 Å². The molecule has 106 valence electrons. The topological polar surface area (TPSA) is 64.9 Å². The van der Waals surface area contributed by atoms with Crippen LogP contribution in [-0.2, 0) is 4.79 Å². The summed E-state index contributed by atoms with van der Waals surface area (Å²) in [6.07, 6.45) is 5.82. The van der Waals surface area contributed by atoms with Crippen molar-refractivity contribution in [2.75, 3.05) is 11.9 Å². The molecule has 0 aliphatic heterocycles.